The van der Waals surface area contributed by atoms with Gasteiger partial charge in [0, 0.05) is 35.3 Å². The second kappa shape index (κ2) is 9.36. The Morgan fingerprint density at radius 1 is 1.00 bits per heavy atom. The van der Waals surface area contributed by atoms with Crippen molar-refractivity contribution >= 4 is 5.97 Å². The summed E-state index contributed by atoms with van der Waals surface area (Å²) in [6, 6.07) is 18.6. The minimum atomic E-state index is -0.610. The van der Waals surface area contributed by atoms with Crippen molar-refractivity contribution in [3.8, 4) is 11.5 Å². The first kappa shape index (κ1) is 23.0. The number of nitrogens with zero attached hydrogens (tertiary/aromatic N) is 1. The van der Waals surface area contributed by atoms with E-state index in [0.717, 1.165) is 17.7 Å². The maximum Gasteiger partial charge on any atom is 0.347 e. The number of benzene rings is 3. The maximum absolute atomic E-state index is 15.7. The molecule has 5 heteroatoms. The van der Waals surface area contributed by atoms with E-state index in [1.54, 1.807) is 31.2 Å². The molecule has 0 aromatic heterocycles. The van der Waals surface area contributed by atoms with Crippen molar-refractivity contribution in [3.05, 3.63) is 94.3 Å². The van der Waals surface area contributed by atoms with Crippen molar-refractivity contribution in [3.63, 3.8) is 0 Å². The van der Waals surface area contributed by atoms with Crippen molar-refractivity contribution in [1.29, 1.82) is 0 Å². The lowest BCUT2D eigenvalue weighted by Crippen LogP contribution is -2.44. The highest BCUT2D eigenvalue weighted by molar-refractivity contribution is 5.96. The zero-order chi connectivity index (χ0) is 23.6. The lowest BCUT2D eigenvalue weighted by molar-refractivity contribution is 0.0726. The molecule has 3 aromatic rings. The van der Waals surface area contributed by atoms with Crippen LogP contribution in [0.2, 0.25) is 0 Å². The number of para-hydroxylation sites is 1. The van der Waals surface area contributed by atoms with Gasteiger partial charge >= 0.3 is 5.97 Å². The molecule has 0 unspecified atom stereocenters. The number of hydrogen-bond acceptors (Lipinski definition) is 4. The van der Waals surface area contributed by atoms with Gasteiger partial charge in [0.05, 0.1) is 0 Å². The largest absolute Gasteiger partial charge is 0.488 e. The van der Waals surface area contributed by atoms with Crippen LogP contribution in [0.25, 0.3) is 0 Å². The van der Waals surface area contributed by atoms with Gasteiger partial charge in [-0.05, 0) is 51.8 Å². The molecule has 0 amide bonds. The topological polar surface area (TPSA) is 38.8 Å². The summed E-state index contributed by atoms with van der Waals surface area (Å²) in [5.74, 6) is -0.122. The number of ether oxygens (including phenoxy) is 2. The minimum Gasteiger partial charge on any atom is -0.488 e. The molecule has 0 saturated heterocycles. The van der Waals surface area contributed by atoms with Crippen molar-refractivity contribution < 1.29 is 18.7 Å². The van der Waals surface area contributed by atoms with Crippen LogP contribution in [0.5, 0.6) is 11.5 Å². The third-order valence-electron chi connectivity index (χ3n) is 6.15. The summed E-state index contributed by atoms with van der Waals surface area (Å²) in [5, 5.41) is 0. The van der Waals surface area contributed by atoms with Crippen molar-refractivity contribution in [2.45, 2.75) is 52.8 Å². The first-order valence-corrected chi connectivity index (χ1v) is 11.3. The fraction of sp³-hybridized carbons (Fsp3) is 0.321. The quantitative estimate of drug-likeness (QED) is 0.351. The third-order valence-corrected chi connectivity index (χ3v) is 6.15. The minimum absolute atomic E-state index is 0.0893. The zero-order valence-corrected chi connectivity index (χ0v) is 19.7. The molecular formula is C28H30FNO3. The number of carbonyl (C=O) groups is 1. The average molecular weight is 448 g/mol. The van der Waals surface area contributed by atoms with Gasteiger partial charge in [-0.1, -0.05) is 48.5 Å². The highest BCUT2D eigenvalue weighted by Crippen LogP contribution is 2.39. The van der Waals surface area contributed by atoms with E-state index in [1.807, 2.05) is 36.4 Å². The van der Waals surface area contributed by atoms with Gasteiger partial charge in [0.25, 0.3) is 0 Å². The molecule has 0 fully saturated rings. The monoisotopic (exact) mass is 447 g/mol. The van der Waals surface area contributed by atoms with Crippen LogP contribution in [0.4, 0.5) is 4.39 Å². The number of esters is 1. The van der Waals surface area contributed by atoms with Crippen LogP contribution < -0.4 is 9.47 Å². The van der Waals surface area contributed by atoms with Gasteiger partial charge < -0.3 is 9.47 Å². The summed E-state index contributed by atoms with van der Waals surface area (Å²) >= 11 is 0. The Bertz CT molecular complexity index is 1140. The van der Waals surface area contributed by atoms with E-state index in [0.29, 0.717) is 30.0 Å². The summed E-state index contributed by atoms with van der Waals surface area (Å²) in [7, 11) is 0. The molecule has 4 nitrogen and oxygen atoms in total. The van der Waals surface area contributed by atoms with Crippen molar-refractivity contribution in [2.24, 2.45) is 0 Å². The molecule has 172 valence electrons. The van der Waals surface area contributed by atoms with E-state index >= 15 is 4.39 Å². The van der Waals surface area contributed by atoms with Gasteiger partial charge in [-0.25, -0.2) is 9.18 Å². The average Bonchev–Trinajstić information content (AvgIpc) is 2.80. The smallest absolute Gasteiger partial charge is 0.347 e. The van der Waals surface area contributed by atoms with Crippen LogP contribution in [-0.4, -0.2) is 23.0 Å². The molecule has 4 rings (SSSR count). The number of hydrogen-bond donors (Lipinski definition) is 0. The van der Waals surface area contributed by atoms with E-state index in [2.05, 4.69) is 25.7 Å². The first-order chi connectivity index (χ1) is 15.8. The van der Waals surface area contributed by atoms with E-state index < -0.39 is 5.97 Å². The van der Waals surface area contributed by atoms with E-state index in [-0.39, 0.29) is 29.1 Å². The highest BCUT2D eigenvalue weighted by atomic mass is 19.1. The van der Waals surface area contributed by atoms with Crippen LogP contribution in [-0.2, 0) is 19.6 Å². The Hall–Kier alpha value is -3.18. The van der Waals surface area contributed by atoms with Gasteiger partial charge in [0.1, 0.15) is 29.5 Å². The maximum atomic E-state index is 15.7. The first-order valence-electron chi connectivity index (χ1n) is 11.3. The molecule has 1 aliphatic heterocycles. The molecule has 1 aliphatic rings. The molecule has 0 saturated carbocycles. The Morgan fingerprint density at radius 3 is 2.27 bits per heavy atom. The van der Waals surface area contributed by atoms with Gasteiger partial charge in [-0.2, -0.15) is 0 Å². The fourth-order valence-corrected chi connectivity index (χ4v) is 4.23. The SMILES string of the molecule is Cc1c(F)c2c(c(OCc3ccccc3)c1C(=O)Oc1ccccc1)CCN(C(C)(C)C)C2. The van der Waals surface area contributed by atoms with Crippen LogP contribution in [0.1, 0.15) is 53.4 Å². The number of fused-ring (bicyclic) bond motifs is 1. The Balaban J connectivity index is 1.77. The molecular weight excluding hydrogens is 417 g/mol. The van der Waals surface area contributed by atoms with Crippen molar-refractivity contribution in [2.75, 3.05) is 6.54 Å². The predicted molar refractivity (Wildman–Crippen MR) is 127 cm³/mol. The summed E-state index contributed by atoms with van der Waals surface area (Å²) in [6.07, 6.45) is 0.597. The zero-order valence-electron chi connectivity index (χ0n) is 19.7. The Morgan fingerprint density at radius 2 is 1.64 bits per heavy atom. The molecule has 0 N–H and O–H groups in total. The van der Waals surface area contributed by atoms with Crippen LogP contribution in [0, 0.1) is 12.7 Å². The molecule has 3 aromatic carbocycles. The summed E-state index contributed by atoms with van der Waals surface area (Å²) in [5.41, 5.74) is 2.67. The number of carbonyl (C=O) groups excluding carboxylic acids is 1. The van der Waals surface area contributed by atoms with E-state index in [9.17, 15) is 4.79 Å². The Labute approximate surface area is 195 Å². The molecule has 0 aliphatic carbocycles. The lowest BCUT2D eigenvalue weighted by atomic mass is 9.89. The predicted octanol–water partition coefficient (Wildman–Crippen LogP) is 6.09. The molecule has 0 atom stereocenters. The van der Waals surface area contributed by atoms with Crippen LogP contribution >= 0.6 is 0 Å². The van der Waals surface area contributed by atoms with E-state index in [4.69, 9.17) is 9.47 Å². The summed E-state index contributed by atoms with van der Waals surface area (Å²) in [6.45, 7) is 9.52. The molecule has 0 bridgehead atoms. The normalized spacial score (nSPS) is 14.0. The van der Waals surface area contributed by atoms with Gasteiger partial charge in [-0.15, -0.1) is 0 Å². The van der Waals surface area contributed by atoms with Crippen molar-refractivity contribution in [1.82, 2.24) is 4.90 Å². The van der Waals surface area contributed by atoms with Crippen LogP contribution in [0.3, 0.4) is 0 Å². The fourth-order valence-electron chi connectivity index (χ4n) is 4.23. The molecule has 33 heavy (non-hydrogen) atoms. The number of halogens is 1. The third kappa shape index (κ3) is 4.93. The molecule has 0 radical (unpaired) electrons. The molecule has 1 heterocycles. The standard InChI is InChI=1S/C28H30FNO3/c1-19-24(27(31)33-21-13-9-6-10-14-21)26(32-18-20-11-7-5-8-12-20)22-15-16-30(28(2,3)4)17-23(22)25(19)29/h5-14H,15-18H2,1-4H3. The second-order valence-electron chi connectivity index (χ2n) is 9.42. The van der Waals surface area contributed by atoms with E-state index in [1.165, 1.54) is 0 Å². The lowest BCUT2D eigenvalue weighted by Gasteiger charge is -2.40. The highest BCUT2D eigenvalue weighted by Gasteiger charge is 2.34. The number of rotatable bonds is 5. The summed E-state index contributed by atoms with van der Waals surface area (Å²) < 4.78 is 27.5. The summed E-state index contributed by atoms with van der Waals surface area (Å²) in [4.78, 5) is 15.5. The van der Waals surface area contributed by atoms with Crippen LogP contribution in [0.15, 0.2) is 60.7 Å². The second-order valence-corrected chi connectivity index (χ2v) is 9.42. The Kier molecular flexibility index (Phi) is 6.52. The van der Waals surface area contributed by atoms with Gasteiger partial charge in [0.2, 0.25) is 0 Å². The van der Waals surface area contributed by atoms with Gasteiger partial charge in [-0.3, -0.25) is 4.90 Å². The van der Waals surface area contributed by atoms with Gasteiger partial charge in [0.15, 0.2) is 0 Å². The molecule has 0 spiro atoms.